The van der Waals surface area contributed by atoms with Gasteiger partial charge in [-0.2, -0.15) is 0 Å². The van der Waals surface area contributed by atoms with Crippen molar-refractivity contribution in [1.29, 1.82) is 0 Å². The van der Waals surface area contributed by atoms with Crippen molar-refractivity contribution < 1.29 is 44.1 Å². The molecule has 0 bridgehead atoms. The van der Waals surface area contributed by atoms with Crippen molar-refractivity contribution in [2.24, 2.45) is 0 Å². The molecule has 0 fully saturated rings. The summed E-state index contributed by atoms with van der Waals surface area (Å²) in [5.74, 6) is -2.33. The van der Waals surface area contributed by atoms with E-state index in [-0.39, 0.29) is 56.0 Å². The van der Waals surface area contributed by atoms with Gasteiger partial charge in [0.05, 0.1) is 16.7 Å². The minimum atomic E-state index is -1.30. The van der Waals surface area contributed by atoms with Crippen molar-refractivity contribution in [3.63, 3.8) is 0 Å². The smallest absolute Gasteiger partial charge is 0.404 e. The summed E-state index contributed by atoms with van der Waals surface area (Å²) >= 11 is 0. The zero-order chi connectivity index (χ0) is 24.8. The number of hydrogen-bond acceptors (Lipinski definition) is 6. The molecule has 0 radical (unpaired) electrons. The van der Waals surface area contributed by atoms with Gasteiger partial charge >= 0.3 is 18.3 Å². The molecule has 15 heteroatoms. The highest BCUT2D eigenvalue weighted by Gasteiger charge is 2.24. The quantitative estimate of drug-likeness (QED) is 0.165. The van der Waals surface area contributed by atoms with E-state index in [1.165, 1.54) is 18.2 Å². The largest absolute Gasteiger partial charge is 0.465 e. The highest BCUT2D eigenvalue weighted by Crippen LogP contribution is 2.16. The van der Waals surface area contributed by atoms with E-state index in [1.54, 1.807) is 0 Å². The SMILES string of the molecule is O=C(O)NCCNC(=O)c1cccc(C(=O)NCCNC(=O)O)c1C(=O)NCCNC(=O)O. The zero-order valence-electron chi connectivity index (χ0n) is 17.3. The van der Waals surface area contributed by atoms with E-state index in [4.69, 9.17) is 15.3 Å². The Morgan fingerprint density at radius 2 is 0.818 bits per heavy atom. The van der Waals surface area contributed by atoms with E-state index in [2.05, 4.69) is 26.6 Å². The molecule has 0 aromatic heterocycles. The Kier molecular flexibility index (Phi) is 11.0. The van der Waals surface area contributed by atoms with E-state index in [1.807, 2.05) is 5.32 Å². The topological polar surface area (TPSA) is 235 Å². The molecule has 0 aliphatic carbocycles. The summed E-state index contributed by atoms with van der Waals surface area (Å²) in [6.07, 6.45) is -3.86. The Hall–Kier alpha value is -4.56. The van der Waals surface area contributed by atoms with Crippen molar-refractivity contribution >= 4 is 36.0 Å². The fourth-order valence-electron chi connectivity index (χ4n) is 2.49. The number of carboxylic acid groups (broad SMARTS) is 3. The average molecular weight is 468 g/mol. The van der Waals surface area contributed by atoms with Crippen LogP contribution in [0.2, 0.25) is 0 Å². The number of hydrogen-bond donors (Lipinski definition) is 9. The molecule has 0 atom stereocenters. The van der Waals surface area contributed by atoms with Crippen LogP contribution in [-0.2, 0) is 0 Å². The molecular weight excluding hydrogens is 444 g/mol. The third-order valence-corrected chi connectivity index (χ3v) is 3.84. The zero-order valence-corrected chi connectivity index (χ0v) is 17.3. The number of nitrogens with one attached hydrogen (secondary N) is 6. The van der Waals surface area contributed by atoms with Crippen LogP contribution in [0.15, 0.2) is 18.2 Å². The summed E-state index contributed by atoms with van der Waals surface area (Å²) < 4.78 is 0. The number of carbonyl (C=O) groups excluding carboxylic acids is 3. The van der Waals surface area contributed by atoms with Gasteiger partial charge in [0, 0.05) is 39.3 Å². The van der Waals surface area contributed by atoms with E-state index >= 15 is 0 Å². The molecule has 1 aromatic carbocycles. The lowest BCUT2D eigenvalue weighted by molar-refractivity contribution is 0.0905. The molecule has 0 saturated carbocycles. The molecule has 9 N–H and O–H groups in total. The van der Waals surface area contributed by atoms with Gasteiger partial charge in [-0.25, -0.2) is 14.4 Å². The van der Waals surface area contributed by atoms with Crippen LogP contribution in [0.25, 0.3) is 0 Å². The number of benzene rings is 1. The van der Waals surface area contributed by atoms with Crippen LogP contribution in [0.3, 0.4) is 0 Å². The fraction of sp³-hybridized carbons (Fsp3) is 0.333. The molecule has 6 amide bonds. The normalized spacial score (nSPS) is 9.82. The highest BCUT2D eigenvalue weighted by molar-refractivity contribution is 6.14. The minimum Gasteiger partial charge on any atom is -0.465 e. The lowest BCUT2D eigenvalue weighted by Crippen LogP contribution is -2.39. The summed E-state index contributed by atoms with van der Waals surface area (Å²) in [6, 6.07) is 3.93. The number of rotatable bonds is 12. The van der Waals surface area contributed by atoms with E-state index in [0.29, 0.717) is 0 Å². The first kappa shape index (κ1) is 26.5. The lowest BCUT2D eigenvalue weighted by atomic mass is 9.98. The van der Waals surface area contributed by atoms with E-state index in [0.717, 1.165) is 0 Å². The van der Waals surface area contributed by atoms with Gasteiger partial charge in [0.2, 0.25) is 0 Å². The number of amides is 6. The summed E-state index contributed by atoms with van der Waals surface area (Å²) in [7, 11) is 0. The Morgan fingerprint density at radius 1 is 0.515 bits per heavy atom. The Labute approximate surface area is 186 Å². The molecule has 180 valence electrons. The second-order valence-electron chi connectivity index (χ2n) is 6.19. The maximum Gasteiger partial charge on any atom is 0.404 e. The van der Waals surface area contributed by atoms with Gasteiger partial charge in [-0.1, -0.05) is 6.07 Å². The summed E-state index contributed by atoms with van der Waals surface area (Å²) in [4.78, 5) is 69.4. The van der Waals surface area contributed by atoms with Crippen LogP contribution in [0, 0.1) is 0 Å². The molecule has 1 aromatic rings. The van der Waals surface area contributed by atoms with Crippen LogP contribution >= 0.6 is 0 Å². The van der Waals surface area contributed by atoms with Crippen LogP contribution in [0.5, 0.6) is 0 Å². The molecule has 0 aliphatic rings. The van der Waals surface area contributed by atoms with E-state index in [9.17, 15) is 28.8 Å². The first-order valence-corrected chi connectivity index (χ1v) is 9.51. The average Bonchev–Trinajstić information content (AvgIpc) is 2.75. The molecular formula is C18H24N6O9. The first-order chi connectivity index (χ1) is 15.6. The van der Waals surface area contributed by atoms with Crippen molar-refractivity contribution in [1.82, 2.24) is 31.9 Å². The molecule has 0 unspecified atom stereocenters. The maximum atomic E-state index is 12.8. The molecule has 0 aliphatic heterocycles. The summed E-state index contributed by atoms with van der Waals surface area (Å²) in [5.41, 5.74) is -0.643. The highest BCUT2D eigenvalue weighted by atomic mass is 16.4. The van der Waals surface area contributed by atoms with Crippen LogP contribution in [0.1, 0.15) is 31.1 Å². The standard InChI is InChI=1S/C18H24N6O9/c25-13(19-4-7-22-16(28)29)10-2-1-3-11(14(26)20-5-8-23-17(30)31)12(10)15(27)21-6-9-24-18(32)33/h1-3,22-24H,4-9H2,(H,19,25)(H,20,26)(H,21,27)(H,28,29)(H,30,31)(H,32,33). The van der Waals surface area contributed by atoms with Gasteiger partial charge in [0.15, 0.2) is 0 Å². The first-order valence-electron chi connectivity index (χ1n) is 9.51. The maximum absolute atomic E-state index is 12.8. The molecule has 0 saturated heterocycles. The predicted molar refractivity (Wildman–Crippen MR) is 112 cm³/mol. The molecule has 1 rings (SSSR count). The van der Waals surface area contributed by atoms with Crippen LogP contribution in [0.4, 0.5) is 14.4 Å². The molecule has 0 heterocycles. The van der Waals surface area contributed by atoms with Gasteiger partial charge in [-0.3, -0.25) is 14.4 Å². The van der Waals surface area contributed by atoms with Crippen molar-refractivity contribution in [2.45, 2.75) is 0 Å². The van der Waals surface area contributed by atoms with Crippen molar-refractivity contribution in [3.8, 4) is 0 Å². The Balaban J connectivity index is 3.04. The van der Waals surface area contributed by atoms with E-state index < -0.39 is 36.0 Å². The van der Waals surface area contributed by atoms with Gasteiger partial charge in [-0.05, 0) is 12.1 Å². The van der Waals surface area contributed by atoms with Crippen molar-refractivity contribution in [2.75, 3.05) is 39.3 Å². The van der Waals surface area contributed by atoms with Gasteiger partial charge < -0.3 is 47.2 Å². The monoisotopic (exact) mass is 468 g/mol. The van der Waals surface area contributed by atoms with Gasteiger partial charge in [0.25, 0.3) is 17.7 Å². The molecule has 15 nitrogen and oxygen atoms in total. The third kappa shape index (κ3) is 9.86. The minimum absolute atomic E-state index is 0.0913. The van der Waals surface area contributed by atoms with Gasteiger partial charge in [-0.15, -0.1) is 0 Å². The van der Waals surface area contributed by atoms with Gasteiger partial charge in [0.1, 0.15) is 0 Å². The number of carbonyl (C=O) groups is 6. The third-order valence-electron chi connectivity index (χ3n) is 3.84. The van der Waals surface area contributed by atoms with Crippen LogP contribution < -0.4 is 31.9 Å². The van der Waals surface area contributed by atoms with Crippen LogP contribution in [-0.4, -0.2) is 90.6 Å². The summed E-state index contributed by atoms with van der Waals surface area (Å²) in [6.45, 7) is -0.635. The molecule has 33 heavy (non-hydrogen) atoms. The Morgan fingerprint density at radius 3 is 1.15 bits per heavy atom. The fourth-order valence-corrected chi connectivity index (χ4v) is 2.49. The second-order valence-corrected chi connectivity index (χ2v) is 6.19. The predicted octanol–water partition coefficient (Wildman–Crippen LogP) is -1.32. The molecule has 0 spiro atoms. The van der Waals surface area contributed by atoms with Crippen molar-refractivity contribution in [3.05, 3.63) is 34.9 Å². The summed E-state index contributed by atoms with van der Waals surface area (Å²) in [5, 5.41) is 39.1. The lowest BCUT2D eigenvalue weighted by Gasteiger charge is -2.15. The second kappa shape index (κ2) is 13.7. The Bertz CT molecular complexity index is 853.